The zero-order chi connectivity index (χ0) is 28.3. The van der Waals surface area contributed by atoms with Crippen LogP contribution in [0.25, 0.3) is 0 Å². The van der Waals surface area contributed by atoms with Gasteiger partial charge in [0.2, 0.25) is 23.6 Å². The Morgan fingerprint density at radius 2 is 1.67 bits per heavy atom. The fourth-order valence-corrected chi connectivity index (χ4v) is 6.87. The van der Waals surface area contributed by atoms with Crippen LogP contribution in [-0.2, 0) is 19.2 Å². The molecule has 4 fully saturated rings. The summed E-state index contributed by atoms with van der Waals surface area (Å²) in [5.74, 6) is 0.0751. The molecule has 0 radical (unpaired) electrons. The van der Waals surface area contributed by atoms with Crippen LogP contribution in [0, 0.1) is 17.3 Å². The molecule has 4 rings (SSSR count). The van der Waals surface area contributed by atoms with E-state index in [-0.39, 0.29) is 47.5 Å². The molecule has 4 atom stereocenters. The number of carbonyl (C=O) groups is 4. The summed E-state index contributed by atoms with van der Waals surface area (Å²) in [4.78, 5) is 60.8. The van der Waals surface area contributed by atoms with Crippen molar-refractivity contribution in [2.75, 3.05) is 59.9 Å². The van der Waals surface area contributed by atoms with Gasteiger partial charge in [-0.05, 0) is 76.0 Å². The summed E-state index contributed by atoms with van der Waals surface area (Å²) in [6.07, 6.45) is 5.26. The number of likely N-dealkylation sites (tertiary alicyclic amines) is 3. The third-order valence-corrected chi connectivity index (χ3v) is 9.16. The lowest BCUT2D eigenvalue weighted by Crippen LogP contribution is -2.51. The van der Waals surface area contributed by atoms with E-state index in [1.54, 1.807) is 11.9 Å². The Morgan fingerprint density at radius 1 is 0.949 bits per heavy atom. The highest BCUT2D eigenvalue weighted by molar-refractivity contribution is 5.89. The summed E-state index contributed by atoms with van der Waals surface area (Å²) in [5.41, 5.74) is -0.199. The zero-order valence-corrected chi connectivity index (χ0v) is 24.7. The Morgan fingerprint density at radius 3 is 2.36 bits per heavy atom. The van der Waals surface area contributed by atoms with E-state index in [2.05, 4.69) is 27.5 Å². The smallest absolute Gasteiger partial charge is 0.242 e. The van der Waals surface area contributed by atoms with Crippen LogP contribution >= 0.6 is 0 Å². The van der Waals surface area contributed by atoms with Gasteiger partial charge in [0.15, 0.2) is 0 Å². The van der Waals surface area contributed by atoms with Crippen molar-refractivity contribution in [3.8, 4) is 0 Å². The lowest BCUT2D eigenvalue weighted by molar-refractivity contribution is -0.140. The molecule has 220 valence electrons. The first-order valence-corrected chi connectivity index (χ1v) is 14.9. The molecule has 10 nitrogen and oxygen atoms in total. The van der Waals surface area contributed by atoms with Gasteiger partial charge in [0, 0.05) is 51.6 Å². The Labute approximate surface area is 234 Å². The quantitative estimate of drug-likeness (QED) is 0.534. The molecular weight excluding hydrogens is 496 g/mol. The molecule has 0 aromatic rings. The van der Waals surface area contributed by atoms with Gasteiger partial charge in [0.1, 0.15) is 6.04 Å². The number of nitrogens with one attached hydrogen (secondary N) is 2. The number of hydrogen-bond acceptors (Lipinski definition) is 6. The van der Waals surface area contributed by atoms with Crippen molar-refractivity contribution in [2.24, 2.45) is 17.3 Å². The van der Waals surface area contributed by atoms with Crippen LogP contribution in [-0.4, -0.2) is 121 Å². The van der Waals surface area contributed by atoms with E-state index in [0.29, 0.717) is 44.3 Å². The first kappa shape index (κ1) is 29.8. The van der Waals surface area contributed by atoms with Gasteiger partial charge in [-0.15, -0.1) is 0 Å². The minimum absolute atomic E-state index is 0.00178. The molecule has 0 aromatic carbocycles. The van der Waals surface area contributed by atoms with Crippen LogP contribution < -0.4 is 10.6 Å². The third kappa shape index (κ3) is 7.93. The average Bonchev–Trinajstić information content (AvgIpc) is 3.27. The highest BCUT2D eigenvalue weighted by Crippen LogP contribution is 2.32. The van der Waals surface area contributed by atoms with Gasteiger partial charge in [-0.2, -0.15) is 0 Å². The third-order valence-electron chi connectivity index (χ3n) is 9.16. The summed E-state index contributed by atoms with van der Waals surface area (Å²) in [6.45, 7) is 11.0. The van der Waals surface area contributed by atoms with Gasteiger partial charge >= 0.3 is 0 Å². The molecule has 39 heavy (non-hydrogen) atoms. The van der Waals surface area contributed by atoms with Crippen molar-refractivity contribution >= 4 is 23.6 Å². The van der Waals surface area contributed by atoms with E-state index in [4.69, 9.17) is 0 Å². The minimum atomic E-state index is -0.590. The molecule has 4 aliphatic heterocycles. The van der Waals surface area contributed by atoms with E-state index in [0.717, 1.165) is 39.0 Å². The maximum Gasteiger partial charge on any atom is 0.242 e. The largest absolute Gasteiger partial charge is 0.354 e. The van der Waals surface area contributed by atoms with Crippen LogP contribution in [0.3, 0.4) is 0 Å². The highest BCUT2D eigenvalue weighted by Gasteiger charge is 2.41. The van der Waals surface area contributed by atoms with Crippen molar-refractivity contribution < 1.29 is 19.2 Å². The normalized spacial score (nSPS) is 31.3. The number of rotatable bonds is 2. The fraction of sp³-hybridized carbons (Fsp3) is 0.862. The van der Waals surface area contributed by atoms with Crippen molar-refractivity contribution in [1.82, 2.24) is 30.2 Å². The monoisotopic (exact) mass is 546 g/mol. The molecule has 4 aliphatic rings. The lowest BCUT2D eigenvalue weighted by Gasteiger charge is -2.45. The molecule has 10 heteroatoms. The maximum atomic E-state index is 13.4. The SMILES string of the molecule is CN1CCC(N2CC[C@H]3CC(=O)N(C)CC(=O)N[C@@H]4C[C@@H](C(=O)NCC[C@H]3C2)N(C(=O)CC(C)(C)C)C4)CC1. The van der Waals surface area contributed by atoms with Crippen LogP contribution in [0.4, 0.5) is 0 Å². The van der Waals surface area contributed by atoms with E-state index in [1.165, 1.54) is 17.7 Å². The summed E-state index contributed by atoms with van der Waals surface area (Å²) < 4.78 is 0. The summed E-state index contributed by atoms with van der Waals surface area (Å²) >= 11 is 0. The van der Waals surface area contributed by atoms with Crippen LogP contribution in [0.2, 0.25) is 0 Å². The Kier molecular flexibility index (Phi) is 9.57. The van der Waals surface area contributed by atoms with Crippen molar-refractivity contribution in [1.29, 1.82) is 0 Å². The van der Waals surface area contributed by atoms with Gasteiger partial charge in [-0.3, -0.25) is 24.1 Å². The molecule has 0 spiro atoms. The Balaban J connectivity index is 1.48. The molecule has 0 aromatic heterocycles. The first-order valence-electron chi connectivity index (χ1n) is 14.9. The van der Waals surface area contributed by atoms with Gasteiger partial charge in [-0.25, -0.2) is 0 Å². The maximum absolute atomic E-state index is 13.4. The molecule has 4 saturated heterocycles. The lowest BCUT2D eigenvalue weighted by atomic mass is 9.80. The second kappa shape index (κ2) is 12.5. The number of fused-ring (bicyclic) bond motifs is 3. The molecule has 2 N–H and O–H groups in total. The Hall–Kier alpha value is -2.20. The number of likely N-dealkylation sites (N-methyl/N-ethyl adjacent to an activating group) is 1. The van der Waals surface area contributed by atoms with E-state index in [1.807, 2.05) is 20.8 Å². The average molecular weight is 547 g/mol. The number of amides is 4. The van der Waals surface area contributed by atoms with Crippen LogP contribution in [0.1, 0.15) is 65.7 Å². The van der Waals surface area contributed by atoms with Gasteiger partial charge < -0.3 is 25.3 Å². The molecular formula is C29H50N6O4. The van der Waals surface area contributed by atoms with Gasteiger partial charge in [0.25, 0.3) is 0 Å². The van der Waals surface area contributed by atoms with Crippen molar-refractivity contribution in [3.05, 3.63) is 0 Å². The van der Waals surface area contributed by atoms with Crippen LogP contribution in [0.15, 0.2) is 0 Å². The predicted molar refractivity (Wildman–Crippen MR) is 150 cm³/mol. The summed E-state index contributed by atoms with van der Waals surface area (Å²) in [6, 6.07) is -0.322. The molecule has 2 bridgehead atoms. The zero-order valence-electron chi connectivity index (χ0n) is 24.7. The molecule has 4 heterocycles. The molecule has 0 unspecified atom stereocenters. The van der Waals surface area contributed by atoms with Crippen LogP contribution in [0.5, 0.6) is 0 Å². The second-order valence-electron chi connectivity index (χ2n) is 13.7. The second-order valence-corrected chi connectivity index (χ2v) is 13.7. The van der Waals surface area contributed by atoms with Crippen molar-refractivity contribution in [2.45, 2.75) is 83.8 Å². The number of nitrogens with zero attached hydrogens (tertiary/aromatic N) is 4. The van der Waals surface area contributed by atoms with Gasteiger partial charge in [-0.1, -0.05) is 20.8 Å². The topological polar surface area (TPSA) is 105 Å². The van der Waals surface area contributed by atoms with E-state index >= 15 is 0 Å². The Bertz CT molecular complexity index is 912. The minimum Gasteiger partial charge on any atom is -0.354 e. The van der Waals surface area contributed by atoms with E-state index in [9.17, 15) is 19.2 Å². The number of carbonyl (C=O) groups excluding carboxylic acids is 4. The highest BCUT2D eigenvalue weighted by atomic mass is 16.2. The molecule has 0 aliphatic carbocycles. The first-order chi connectivity index (χ1) is 18.4. The number of hydrogen-bond donors (Lipinski definition) is 2. The molecule has 4 amide bonds. The molecule has 0 saturated carbocycles. The standard InChI is InChI=1S/C29H50N6O4/c1-29(2,3)16-27(38)35-18-22-15-24(35)28(39)30-10-6-21-17-34(23-8-11-32(4)12-9-23)13-7-20(21)14-26(37)33(5)19-25(36)31-22/h20-24H,6-19H2,1-5H3,(H,30,39)(H,31,36)/t20-,21-,22+,24-/m0/s1. The fourth-order valence-electron chi connectivity index (χ4n) is 6.87. The number of piperidine rings is 2. The summed E-state index contributed by atoms with van der Waals surface area (Å²) in [7, 11) is 3.88. The van der Waals surface area contributed by atoms with E-state index < -0.39 is 6.04 Å². The predicted octanol–water partition coefficient (Wildman–Crippen LogP) is 0.909. The summed E-state index contributed by atoms with van der Waals surface area (Å²) in [5, 5.41) is 6.11. The van der Waals surface area contributed by atoms with Crippen molar-refractivity contribution in [3.63, 3.8) is 0 Å². The van der Waals surface area contributed by atoms with Gasteiger partial charge in [0.05, 0.1) is 6.54 Å².